The first kappa shape index (κ1) is 17.1. The van der Waals surface area contributed by atoms with Gasteiger partial charge in [0.1, 0.15) is 6.04 Å². The minimum Gasteiger partial charge on any atom is -0.451 e. The quantitative estimate of drug-likeness (QED) is 0.721. The largest absolute Gasteiger partial charge is 0.451 e. The second kappa shape index (κ2) is 6.68. The Morgan fingerprint density at radius 3 is 2.19 bits per heavy atom. The minimum absolute atomic E-state index is 0.0377. The number of primary amides is 1. The maximum atomic E-state index is 12.1. The molecule has 7 nitrogen and oxygen atoms in total. The molecular formula is C13H18N2O5S. The molecular weight excluding hydrogens is 296 g/mol. The predicted octanol–water partition coefficient (Wildman–Crippen LogP) is 0.0788. The molecule has 0 unspecified atom stereocenters. The summed E-state index contributed by atoms with van der Waals surface area (Å²) < 4.78 is 31.1. The molecule has 0 aliphatic carbocycles. The molecule has 0 aromatic heterocycles. The number of nitrogens with two attached hydrogens (primary N) is 1. The van der Waals surface area contributed by atoms with Crippen LogP contribution in [-0.2, 0) is 24.3 Å². The molecule has 0 heterocycles. The topological polar surface area (TPSA) is 116 Å². The first-order valence-electron chi connectivity index (χ1n) is 6.22. The number of amides is 1. The van der Waals surface area contributed by atoms with E-state index in [9.17, 15) is 18.0 Å². The fourth-order valence-corrected chi connectivity index (χ4v) is 2.59. The molecule has 0 saturated heterocycles. The lowest BCUT2D eigenvalue weighted by Gasteiger charge is -2.16. The summed E-state index contributed by atoms with van der Waals surface area (Å²) in [6.45, 7) is 4.46. The van der Waals surface area contributed by atoms with Gasteiger partial charge >= 0.3 is 5.97 Å². The Kier molecular flexibility index (Phi) is 5.45. The fraction of sp³-hybridized carbons (Fsp3) is 0.385. The first-order valence-corrected chi connectivity index (χ1v) is 7.70. The molecule has 0 aliphatic heterocycles. The van der Waals surface area contributed by atoms with Gasteiger partial charge in [-0.15, -0.1) is 0 Å². The van der Waals surface area contributed by atoms with Crippen LogP contribution in [-0.4, -0.2) is 32.4 Å². The zero-order valence-electron chi connectivity index (χ0n) is 12.0. The van der Waals surface area contributed by atoms with Crippen LogP contribution in [0.2, 0.25) is 0 Å². The van der Waals surface area contributed by atoms with Crippen molar-refractivity contribution in [1.29, 1.82) is 0 Å². The first-order chi connectivity index (χ1) is 9.63. The van der Waals surface area contributed by atoms with Gasteiger partial charge in [0, 0.05) is 0 Å². The van der Waals surface area contributed by atoms with Crippen LogP contribution in [0.3, 0.4) is 0 Å². The van der Waals surface area contributed by atoms with Crippen molar-refractivity contribution in [2.24, 2.45) is 5.73 Å². The summed E-state index contributed by atoms with van der Waals surface area (Å²) in [6, 6.07) is 5.02. The lowest BCUT2D eigenvalue weighted by atomic mass is 10.2. The molecule has 1 aromatic rings. The van der Waals surface area contributed by atoms with Crippen molar-refractivity contribution in [2.45, 2.75) is 37.8 Å². The number of hydrogen-bond donors (Lipinski definition) is 2. The van der Waals surface area contributed by atoms with Gasteiger partial charge in [-0.1, -0.05) is 17.7 Å². The zero-order valence-corrected chi connectivity index (χ0v) is 12.8. The van der Waals surface area contributed by atoms with Crippen LogP contribution in [0, 0.1) is 6.92 Å². The standard InChI is InChI=1S/C13H18N2O5S/c1-8-4-6-11(7-5-8)21(18,19)15-9(2)13(17)20-10(3)12(14)16/h4-7,9-10,15H,1-3H3,(H2,14,16)/t9-,10-/m0/s1. The zero-order chi connectivity index (χ0) is 16.2. The monoisotopic (exact) mass is 314 g/mol. The number of esters is 1. The highest BCUT2D eigenvalue weighted by Crippen LogP contribution is 2.11. The van der Waals surface area contributed by atoms with Crippen molar-refractivity contribution in [2.75, 3.05) is 0 Å². The SMILES string of the molecule is Cc1ccc(S(=O)(=O)N[C@@H](C)C(=O)O[C@@H](C)C(N)=O)cc1. The van der Waals surface area contributed by atoms with E-state index >= 15 is 0 Å². The van der Waals surface area contributed by atoms with E-state index in [0.717, 1.165) is 5.56 Å². The van der Waals surface area contributed by atoms with Gasteiger partial charge < -0.3 is 10.5 Å². The molecule has 0 saturated carbocycles. The van der Waals surface area contributed by atoms with Gasteiger partial charge in [-0.2, -0.15) is 4.72 Å². The Bertz CT molecular complexity index is 624. The van der Waals surface area contributed by atoms with Crippen molar-refractivity contribution in [3.63, 3.8) is 0 Å². The number of carbonyl (C=O) groups excluding carboxylic acids is 2. The number of aryl methyl sites for hydroxylation is 1. The van der Waals surface area contributed by atoms with Crippen molar-refractivity contribution >= 4 is 21.9 Å². The van der Waals surface area contributed by atoms with Crippen LogP contribution >= 0.6 is 0 Å². The molecule has 8 heteroatoms. The van der Waals surface area contributed by atoms with Crippen molar-refractivity contribution in [3.8, 4) is 0 Å². The Balaban J connectivity index is 2.77. The number of rotatable bonds is 6. The molecule has 3 N–H and O–H groups in total. The molecule has 0 bridgehead atoms. The second-order valence-corrected chi connectivity index (χ2v) is 6.35. The van der Waals surface area contributed by atoms with Crippen LogP contribution in [0.5, 0.6) is 0 Å². The minimum atomic E-state index is -3.84. The van der Waals surface area contributed by atoms with Crippen LogP contribution < -0.4 is 10.5 Å². The third-order valence-electron chi connectivity index (χ3n) is 2.71. The number of sulfonamides is 1. The maximum absolute atomic E-state index is 12.1. The van der Waals surface area contributed by atoms with Gasteiger partial charge in [0.15, 0.2) is 6.10 Å². The summed E-state index contributed by atoms with van der Waals surface area (Å²) in [5, 5.41) is 0. The molecule has 2 atom stereocenters. The summed E-state index contributed by atoms with van der Waals surface area (Å²) in [5.41, 5.74) is 5.88. The molecule has 0 aliphatic rings. The summed E-state index contributed by atoms with van der Waals surface area (Å²) >= 11 is 0. The van der Waals surface area contributed by atoms with Gasteiger partial charge in [-0.3, -0.25) is 9.59 Å². The average Bonchev–Trinajstić information content (AvgIpc) is 2.38. The third-order valence-corrected chi connectivity index (χ3v) is 4.27. The summed E-state index contributed by atoms with van der Waals surface area (Å²) in [5.74, 6) is -1.69. The fourth-order valence-electron chi connectivity index (χ4n) is 1.40. The predicted molar refractivity (Wildman–Crippen MR) is 75.7 cm³/mol. The smallest absolute Gasteiger partial charge is 0.324 e. The number of benzene rings is 1. The Morgan fingerprint density at radius 1 is 1.19 bits per heavy atom. The normalized spacial score (nSPS) is 14.2. The van der Waals surface area contributed by atoms with Crippen LogP contribution in [0.1, 0.15) is 19.4 Å². The van der Waals surface area contributed by atoms with Crippen LogP contribution in [0.25, 0.3) is 0 Å². The summed E-state index contributed by atoms with van der Waals surface area (Å²) in [4.78, 5) is 22.5. The molecule has 0 fully saturated rings. The highest BCUT2D eigenvalue weighted by molar-refractivity contribution is 7.89. The van der Waals surface area contributed by atoms with E-state index in [1.165, 1.54) is 26.0 Å². The summed E-state index contributed by atoms with van der Waals surface area (Å²) in [6.07, 6.45) is -1.12. The maximum Gasteiger partial charge on any atom is 0.324 e. The Labute approximate surface area is 123 Å². The van der Waals surface area contributed by atoms with Crippen molar-refractivity contribution in [3.05, 3.63) is 29.8 Å². The molecule has 0 radical (unpaired) electrons. The second-order valence-electron chi connectivity index (χ2n) is 4.64. The van der Waals surface area contributed by atoms with Crippen molar-refractivity contribution < 1.29 is 22.7 Å². The van der Waals surface area contributed by atoms with E-state index in [-0.39, 0.29) is 4.90 Å². The third kappa shape index (κ3) is 4.83. The van der Waals surface area contributed by atoms with E-state index in [0.29, 0.717) is 0 Å². The number of nitrogens with one attached hydrogen (secondary N) is 1. The molecule has 21 heavy (non-hydrogen) atoms. The van der Waals surface area contributed by atoms with E-state index in [4.69, 9.17) is 10.5 Å². The Hall–Kier alpha value is -1.93. The lowest BCUT2D eigenvalue weighted by molar-refractivity contribution is -0.155. The molecule has 1 aromatic carbocycles. The highest BCUT2D eigenvalue weighted by Gasteiger charge is 2.25. The van der Waals surface area contributed by atoms with E-state index in [1.54, 1.807) is 12.1 Å². The molecule has 1 rings (SSSR count). The molecule has 1 amide bonds. The average molecular weight is 314 g/mol. The number of hydrogen-bond acceptors (Lipinski definition) is 5. The summed E-state index contributed by atoms with van der Waals surface area (Å²) in [7, 11) is -3.84. The Morgan fingerprint density at radius 2 is 1.71 bits per heavy atom. The van der Waals surface area contributed by atoms with E-state index < -0.39 is 34.0 Å². The highest BCUT2D eigenvalue weighted by atomic mass is 32.2. The lowest BCUT2D eigenvalue weighted by Crippen LogP contribution is -2.42. The molecule has 0 spiro atoms. The van der Waals surface area contributed by atoms with Gasteiger partial charge in [-0.25, -0.2) is 8.42 Å². The van der Waals surface area contributed by atoms with Crippen molar-refractivity contribution in [1.82, 2.24) is 4.72 Å². The van der Waals surface area contributed by atoms with Gasteiger partial charge in [-0.05, 0) is 32.9 Å². The van der Waals surface area contributed by atoms with Gasteiger partial charge in [0.05, 0.1) is 4.90 Å². The number of carbonyl (C=O) groups is 2. The molecule has 116 valence electrons. The van der Waals surface area contributed by atoms with E-state index in [2.05, 4.69) is 4.72 Å². The van der Waals surface area contributed by atoms with Gasteiger partial charge in [0.2, 0.25) is 10.0 Å². The van der Waals surface area contributed by atoms with E-state index in [1.807, 2.05) is 6.92 Å². The van der Waals surface area contributed by atoms with Crippen LogP contribution in [0.4, 0.5) is 0 Å². The van der Waals surface area contributed by atoms with Gasteiger partial charge in [0.25, 0.3) is 5.91 Å². The number of ether oxygens (including phenoxy) is 1. The van der Waals surface area contributed by atoms with Crippen LogP contribution in [0.15, 0.2) is 29.2 Å².